The number of esters is 1. The van der Waals surface area contributed by atoms with Crippen molar-refractivity contribution >= 4 is 33.8 Å². The van der Waals surface area contributed by atoms with Crippen molar-refractivity contribution in [1.82, 2.24) is 9.55 Å². The minimum Gasteiger partial charge on any atom is -0.496 e. The fraction of sp³-hybridized carbons (Fsp3) is 0.296. The Kier molecular flexibility index (Phi) is 8.31. The van der Waals surface area contributed by atoms with Crippen molar-refractivity contribution in [2.24, 2.45) is 0 Å². The molecule has 2 N–H and O–H groups in total. The normalized spacial score (nSPS) is 11.9. The highest BCUT2D eigenvalue weighted by Gasteiger charge is 2.23. The van der Waals surface area contributed by atoms with Crippen LogP contribution >= 0.6 is 0 Å². The molecule has 0 amide bonds. The molecule has 2 aromatic carbocycles. The van der Waals surface area contributed by atoms with Gasteiger partial charge in [-0.3, -0.25) is 19.1 Å². The van der Waals surface area contributed by atoms with Crippen molar-refractivity contribution in [3.8, 4) is 11.4 Å². The number of H-pyrrole nitrogens is 1. The summed E-state index contributed by atoms with van der Waals surface area (Å²) < 4.78 is 38.0. The SMILES string of the molecule is CCOC(=O)c1cc(NS(C)(=O)=O)ccc1/C=C/c1cc(-n2ccc(=O)[nH]c2=O)cc(C(C)(C)C)c1OC. The van der Waals surface area contributed by atoms with Crippen molar-refractivity contribution in [2.45, 2.75) is 33.1 Å². The van der Waals surface area contributed by atoms with Gasteiger partial charge in [0.05, 0.1) is 31.2 Å². The first-order valence-corrected chi connectivity index (χ1v) is 13.6. The molecule has 202 valence electrons. The Hall–Kier alpha value is -4.12. The van der Waals surface area contributed by atoms with E-state index in [1.54, 1.807) is 38.3 Å². The van der Waals surface area contributed by atoms with Gasteiger partial charge in [-0.05, 0) is 42.2 Å². The van der Waals surface area contributed by atoms with Gasteiger partial charge in [0.1, 0.15) is 5.75 Å². The highest BCUT2D eigenvalue weighted by atomic mass is 32.2. The number of ether oxygens (including phenoxy) is 2. The van der Waals surface area contributed by atoms with Gasteiger partial charge in [0.25, 0.3) is 5.56 Å². The zero-order valence-corrected chi connectivity index (χ0v) is 22.9. The summed E-state index contributed by atoms with van der Waals surface area (Å²) in [6, 6.07) is 9.36. The quantitative estimate of drug-likeness (QED) is 0.329. The number of anilines is 1. The molecule has 1 aromatic heterocycles. The predicted octanol–water partition coefficient (Wildman–Crippen LogP) is 3.55. The number of nitrogens with zero attached hydrogens (tertiary/aromatic N) is 1. The van der Waals surface area contributed by atoms with E-state index in [4.69, 9.17) is 9.47 Å². The Bertz CT molecular complexity index is 1610. The third-order valence-electron chi connectivity index (χ3n) is 5.51. The second kappa shape index (κ2) is 11.1. The Labute approximate surface area is 221 Å². The maximum atomic E-state index is 12.7. The number of nitrogens with one attached hydrogen (secondary N) is 2. The minimum atomic E-state index is -3.55. The average Bonchev–Trinajstić information content (AvgIpc) is 2.81. The molecule has 0 aliphatic carbocycles. The summed E-state index contributed by atoms with van der Waals surface area (Å²) in [5.41, 5.74) is 1.34. The number of hydrogen-bond donors (Lipinski definition) is 2. The summed E-state index contributed by atoms with van der Waals surface area (Å²) in [5.74, 6) is -0.0387. The van der Waals surface area contributed by atoms with Gasteiger partial charge in [-0.15, -0.1) is 0 Å². The largest absolute Gasteiger partial charge is 0.496 e. The monoisotopic (exact) mass is 541 g/mol. The average molecular weight is 542 g/mol. The van der Waals surface area contributed by atoms with E-state index in [9.17, 15) is 22.8 Å². The third kappa shape index (κ3) is 6.80. The Morgan fingerprint density at radius 2 is 1.76 bits per heavy atom. The summed E-state index contributed by atoms with van der Waals surface area (Å²) in [4.78, 5) is 39.0. The maximum Gasteiger partial charge on any atom is 0.338 e. The van der Waals surface area contributed by atoms with Crippen molar-refractivity contribution in [3.63, 3.8) is 0 Å². The number of aromatic nitrogens is 2. The fourth-order valence-corrected chi connectivity index (χ4v) is 4.40. The van der Waals surface area contributed by atoms with E-state index in [2.05, 4.69) is 9.71 Å². The lowest BCUT2D eigenvalue weighted by atomic mass is 9.84. The molecule has 3 aromatic rings. The second-order valence-electron chi connectivity index (χ2n) is 9.58. The topological polar surface area (TPSA) is 137 Å². The van der Waals surface area contributed by atoms with E-state index in [0.717, 1.165) is 11.8 Å². The molecule has 0 aliphatic heterocycles. The third-order valence-corrected chi connectivity index (χ3v) is 6.12. The molecule has 0 spiro atoms. The Morgan fingerprint density at radius 3 is 2.34 bits per heavy atom. The number of carbonyl (C=O) groups is 1. The molecule has 0 unspecified atom stereocenters. The van der Waals surface area contributed by atoms with Gasteiger partial charge in [-0.25, -0.2) is 18.0 Å². The van der Waals surface area contributed by atoms with Gasteiger partial charge in [0.15, 0.2) is 0 Å². The number of benzene rings is 2. The fourth-order valence-electron chi connectivity index (χ4n) is 3.85. The van der Waals surface area contributed by atoms with Gasteiger partial charge in [0.2, 0.25) is 10.0 Å². The van der Waals surface area contributed by atoms with Crippen LogP contribution in [0.5, 0.6) is 5.75 Å². The van der Waals surface area contributed by atoms with Crippen LogP contribution in [-0.4, -0.2) is 43.9 Å². The van der Waals surface area contributed by atoms with Crippen LogP contribution in [0.1, 0.15) is 54.7 Å². The maximum absolute atomic E-state index is 12.7. The van der Waals surface area contributed by atoms with E-state index in [1.807, 2.05) is 26.8 Å². The van der Waals surface area contributed by atoms with Crippen LogP contribution in [0.3, 0.4) is 0 Å². The summed E-state index contributed by atoms with van der Waals surface area (Å²) in [5, 5.41) is 0. The van der Waals surface area contributed by atoms with Crippen molar-refractivity contribution in [3.05, 3.63) is 85.7 Å². The number of hydrogen-bond acceptors (Lipinski definition) is 7. The lowest BCUT2D eigenvalue weighted by Gasteiger charge is -2.25. The van der Waals surface area contributed by atoms with Crippen molar-refractivity contribution < 1.29 is 22.7 Å². The highest BCUT2D eigenvalue weighted by Crippen LogP contribution is 2.37. The zero-order valence-electron chi connectivity index (χ0n) is 22.1. The molecule has 10 nitrogen and oxygen atoms in total. The van der Waals surface area contributed by atoms with Gasteiger partial charge >= 0.3 is 11.7 Å². The van der Waals surface area contributed by atoms with Crippen molar-refractivity contribution in [2.75, 3.05) is 24.7 Å². The van der Waals surface area contributed by atoms with Crippen LogP contribution in [0.15, 0.2) is 52.2 Å². The van der Waals surface area contributed by atoms with Crippen LogP contribution in [0, 0.1) is 0 Å². The number of carbonyl (C=O) groups excluding carboxylic acids is 1. The first-order valence-electron chi connectivity index (χ1n) is 11.8. The lowest BCUT2D eigenvalue weighted by molar-refractivity contribution is 0.0526. The molecule has 0 saturated heterocycles. The number of aromatic amines is 1. The molecular formula is C27H31N3O7S. The number of rotatable bonds is 8. The summed E-state index contributed by atoms with van der Waals surface area (Å²) >= 11 is 0. The van der Waals surface area contributed by atoms with E-state index in [1.165, 1.54) is 29.0 Å². The van der Waals surface area contributed by atoms with E-state index >= 15 is 0 Å². The van der Waals surface area contributed by atoms with E-state index < -0.39 is 27.2 Å². The molecule has 0 bridgehead atoms. The van der Waals surface area contributed by atoms with Gasteiger partial charge < -0.3 is 9.47 Å². The minimum absolute atomic E-state index is 0.143. The van der Waals surface area contributed by atoms with Gasteiger partial charge in [-0.1, -0.05) is 39.0 Å². The van der Waals surface area contributed by atoms with Gasteiger partial charge in [-0.2, -0.15) is 0 Å². The van der Waals surface area contributed by atoms with E-state index in [0.29, 0.717) is 22.6 Å². The molecule has 0 radical (unpaired) electrons. The Morgan fingerprint density at radius 1 is 1.08 bits per heavy atom. The van der Waals surface area contributed by atoms with Crippen LogP contribution in [0.25, 0.3) is 17.8 Å². The molecule has 0 aliphatic rings. The molecule has 3 rings (SSSR count). The summed E-state index contributed by atoms with van der Waals surface area (Å²) in [6.07, 6.45) is 5.83. The van der Waals surface area contributed by atoms with Crippen LogP contribution in [-0.2, 0) is 20.2 Å². The molecule has 1 heterocycles. The van der Waals surface area contributed by atoms with Crippen LogP contribution in [0.2, 0.25) is 0 Å². The lowest BCUT2D eigenvalue weighted by Crippen LogP contribution is -2.28. The molecule has 0 atom stereocenters. The van der Waals surface area contributed by atoms with Gasteiger partial charge in [0, 0.05) is 29.1 Å². The summed E-state index contributed by atoms with van der Waals surface area (Å²) in [7, 11) is -2.01. The standard InChI is InChI=1S/C27H31N3O7S/c1-7-37-25(32)21-15-19(29-38(6,34)35)11-10-17(21)8-9-18-14-20(30-13-12-23(31)28-26(30)33)16-22(24(18)36-5)27(2,3)4/h8-16,29H,7H2,1-6H3,(H,28,31,33)/b9-8+. The predicted molar refractivity (Wildman–Crippen MR) is 148 cm³/mol. The molecule has 0 saturated carbocycles. The molecule has 11 heteroatoms. The first-order chi connectivity index (χ1) is 17.7. The number of methoxy groups -OCH3 is 1. The molecule has 0 fully saturated rings. The van der Waals surface area contributed by atoms with E-state index in [-0.39, 0.29) is 23.3 Å². The first kappa shape index (κ1) is 28.5. The van der Waals surface area contributed by atoms with Crippen LogP contribution < -0.4 is 20.7 Å². The Balaban J connectivity index is 2.21. The highest BCUT2D eigenvalue weighted by molar-refractivity contribution is 7.92. The smallest absolute Gasteiger partial charge is 0.338 e. The zero-order chi connectivity index (χ0) is 28.3. The number of sulfonamides is 1. The second-order valence-corrected chi connectivity index (χ2v) is 11.3. The summed E-state index contributed by atoms with van der Waals surface area (Å²) in [6.45, 7) is 7.83. The van der Waals surface area contributed by atoms with Crippen LogP contribution in [0.4, 0.5) is 5.69 Å². The van der Waals surface area contributed by atoms with Crippen molar-refractivity contribution in [1.29, 1.82) is 0 Å². The molecule has 38 heavy (non-hydrogen) atoms. The molecular weight excluding hydrogens is 510 g/mol.